The summed E-state index contributed by atoms with van der Waals surface area (Å²) < 4.78 is 5.57. The summed E-state index contributed by atoms with van der Waals surface area (Å²) in [7, 11) is 0. The van der Waals surface area contributed by atoms with Crippen molar-refractivity contribution < 1.29 is 9.53 Å². The quantitative estimate of drug-likeness (QED) is 0.902. The van der Waals surface area contributed by atoms with Crippen LogP contribution in [0.3, 0.4) is 0 Å². The summed E-state index contributed by atoms with van der Waals surface area (Å²) in [6.45, 7) is 3.18. The molecular weight excluding hydrogens is 276 g/mol. The molecule has 1 aliphatic heterocycles. The normalized spacial score (nSPS) is 18.4. The van der Waals surface area contributed by atoms with Gasteiger partial charge in [-0.15, -0.1) is 11.3 Å². The Hall–Kier alpha value is -1.73. The summed E-state index contributed by atoms with van der Waals surface area (Å²) in [6, 6.07) is 0. The van der Waals surface area contributed by atoms with Crippen LogP contribution >= 0.6 is 11.3 Å². The average Bonchev–Trinajstić information content (AvgIpc) is 3.17. The van der Waals surface area contributed by atoms with Gasteiger partial charge in [0.05, 0.1) is 12.4 Å². The lowest BCUT2D eigenvalue weighted by atomic mass is 10.2. The lowest BCUT2D eigenvalue weighted by Gasteiger charge is -2.04. The highest BCUT2D eigenvalue weighted by atomic mass is 32.1. The average molecular weight is 292 g/mol. The molecular formula is C13H16N4O2S. The third kappa shape index (κ3) is 2.73. The first-order chi connectivity index (χ1) is 9.74. The van der Waals surface area contributed by atoms with Gasteiger partial charge in [0, 0.05) is 24.4 Å². The highest BCUT2D eigenvalue weighted by Gasteiger charge is 2.22. The largest absolute Gasteiger partial charge is 0.371 e. The van der Waals surface area contributed by atoms with Gasteiger partial charge >= 0.3 is 0 Å². The molecule has 106 valence electrons. The van der Waals surface area contributed by atoms with Gasteiger partial charge in [-0.1, -0.05) is 0 Å². The van der Waals surface area contributed by atoms with Crippen molar-refractivity contribution in [1.82, 2.24) is 20.5 Å². The van der Waals surface area contributed by atoms with Crippen LogP contribution in [0.1, 0.15) is 44.9 Å². The fourth-order valence-electron chi connectivity index (χ4n) is 2.13. The minimum atomic E-state index is -0.104. The Labute approximate surface area is 120 Å². The van der Waals surface area contributed by atoms with Crippen LogP contribution in [0.5, 0.6) is 0 Å². The van der Waals surface area contributed by atoms with Crippen molar-refractivity contribution in [3.63, 3.8) is 0 Å². The zero-order valence-corrected chi connectivity index (χ0v) is 12.0. The molecule has 1 aliphatic rings. The fraction of sp³-hybridized carbons (Fsp3) is 0.462. The fourth-order valence-corrected chi connectivity index (χ4v) is 3.05. The van der Waals surface area contributed by atoms with Crippen LogP contribution in [0, 0.1) is 6.92 Å². The highest BCUT2D eigenvalue weighted by Crippen LogP contribution is 2.31. The van der Waals surface area contributed by atoms with E-state index in [2.05, 4.69) is 20.5 Å². The Morgan fingerprint density at radius 3 is 3.20 bits per heavy atom. The molecule has 2 aromatic rings. The van der Waals surface area contributed by atoms with Crippen LogP contribution in [0.15, 0.2) is 12.4 Å². The first-order valence-electron chi connectivity index (χ1n) is 6.58. The van der Waals surface area contributed by atoms with E-state index >= 15 is 0 Å². The number of nitrogens with zero attached hydrogens (tertiary/aromatic N) is 2. The predicted molar refractivity (Wildman–Crippen MR) is 74.5 cm³/mol. The molecule has 0 aromatic carbocycles. The van der Waals surface area contributed by atoms with E-state index in [1.807, 2.05) is 6.92 Å². The molecule has 0 saturated carbocycles. The summed E-state index contributed by atoms with van der Waals surface area (Å²) in [5.41, 5.74) is 1.96. The number of thiazole rings is 1. The van der Waals surface area contributed by atoms with Crippen molar-refractivity contribution in [2.24, 2.45) is 0 Å². The summed E-state index contributed by atoms with van der Waals surface area (Å²) in [5.74, 6) is -0.104. The van der Waals surface area contributed by atoms with E-state index in [0.29, 0.717) is 11.4 Å². The number of ether oxygens (including phenoxy) is 1. The van der Waals surface area contributed by atoms with Crippen molar-refractivity contribution in [3.8, 4) is 0 Å². The lowest BCUT2D eigenvalue weighted by Crippen LogP contribution is -2.21. The molecule has 0 bridgehead atoms. The Morgan fingerprint density at radius 2 is 2.50 bits per heavy atom. The molecule has 0 unspecified atom stereocenters. The van der Waals surface area contributed by atoms with Gasteiger partial charge in [0.25, 0.3) is 5.91 Å². The van der Waals surface area contributed by atoms with Gasteiger partial charge in [0.15, 0.2) is 0 Å². The second-order valence-electron chi connectivity index (χ2n) is 4.77. The number of aromatic nitrogens is 3. The summed E-state index contributed by atoms with van der Waals surface area (Å²) in [5, 5.41) is 10.5. The molecule has 6 nitrogen and oxygen atoms in total. The van der Waals surface area contributed by atoms with Gasteiger partial charge in [-0.2, -0.15) is 5.10 Å². The number of carbonyl (C=O) groups excluding carboxylic acids is 1. The SMILES string of the molecule is Cc1[nH]ncc1CNC(=O)c1cnc([C@H]2CCCO2)s1. The molecule has 0 radical (unpaired) electrons. The zero-order chi connectivity index (χ0) is 13.9. The smallest absolute Gasteiger partial charge is 0.263 e. The van der Waals surface area contributed by atoms with Crippen molar-refractivity contribution in [2.45, 2.75) is 32.4 Å². The molecule has 1 fully saturated rings. The predicted octanol–water partition coefficient (Wildman–Crippen LogP) is 1.96. The Balaban J connectivity index is 1.61. The maximum absolute atomic E-state index is 12.1. The number of amides is 1. The number of H-pyrrole nitrogens is 1. The number of aromatic amines is 1. The van der Waals surface area contributed by atoms with E-state index in [4.69, 9.17) is 4.74 Å². The topological polar surface area (TPSA) is 79.9 Å². The van der Waals surface area contributed by atoms with Gasteiger partial charge < -0.3 is 10.1 Å². The molecule has 7 heteroatoms. The number of hydrogen-bond acceptors (Lipinski definition) is 5. The molecule has 0 spiro atoms. The van der Waals surface area contributed by atoms with Crippen LogP contribution in [-0.2, 0) is 11.3 Å². The Kier molecular flexibility index (Phi) is 3.79. The second kappa shape index (κ2) is 5.72. The van der Waals surface area contributed by atoms with Gasteiger partial charge in [0.1, 0.15) is 16.0 Å². The highest BCUT2D eigenvalue weighted by molar-refractivity contribution is 7.13. The molecule has 1 saturated heterocycles. The lowest BCUT2D eigenvalue weighted by molar-refractivity contribution is 0.0954. The van der Waals surface area contributed by atoms with Crippen LogP contribution in [0.2, 0.25) is 0 Å². The van der Waals surface area contributed by atoms with Crippen molar-refractivity contribution in [3.05, 3.63) is 33.5 Å². The van der Waals surface area contributed by atoms with E-state index in [0.717, 1.165) is 35.7 Å². The molecule has 2 aromatic heterocycles. The van der Waals surface area contributed by atoms with E-state index in [1.165, 1.54) is 11.3 Å². The van der Waals surface area contributed by atoms with Crippen LogP contribution in [0.25, 0.3) is 0 Å². The van der Waals surface area contributed by atoms with Gasteiger partial charge in [-0.25, -0.2) is 4.98 Å². The molecule has 1 amide bonds. The summed E-state index contributed by atoms with van der Waals surface area (Å²) in [6.07, 6.45) is 5.46. The van der Waals surface area contributed by atoms with Gasteiger partial charge in [-0.05, 0) is 19.8 Å². The summed E-state index contributed by atoms with van der Waals surface area (Å²) >= 11 is 1.41. The van der Waals surface area contributed by atoms with Gasteiger partial charge in [0.2, 0.25) is 0 Å². The van der Waals surface area contributed by atoms with E-state index in [1.54, 1.807) is 12.4 Å². The maximum atomic E-state index is 12.1. The van der Waals surface area contributed by atoms with Crippen LogP contribution in [-0.4, -0.2) is 27.7 Å². The molecule has 1 atom stereocenters. The van der Waals surface area contributed by atoms with Crippen LogP contribution < -0.4 is 5.32 Å². The van der Waals surface area contributed by atoms with Gasteiger partial charge in [-0.3, -0.25) is 9.89 Å². The number of aryl methyl sites for hydroxylation is 1. The molecule has 3 heterocycles. The number of hydrogen-bond donors (Lipinski definition) is 2. The number of rotatable bonds is 4. The van der Waals surface area contributed by atoms with Crippen molar-refractivity contribution in [1.29, 1.82) is 0 Å². The second-order valence-corrected chi connectivity index (χ2v) is 5.83. The summed E-state index contributed by atoms with van der Waals surface area (Å²) in [4.78, 5) is 17.0. The van der Waals surface area contributed by atoms with E-state index in [9.17, 15) is 4.79 Å². The molecule has 0 aliphatic carbocycles. The van der Waals surface area contributed by atoms with E-state index in [-0.39, 0.29) is 12.0 Å². The molecule has 2 N–H and O–H groups in total. The Bertz CT molecular complexity index is 601. The minimum Gasteiger partial charge on any atom is -0.371 e. The molecule has 20 heavy (non-hydrogen) atoms. The maximum Gasteiger partial charge on any atom is 0.263 e. The number of nitrogens with one attached hydrogen (secondary N) is 2. The third-order valence-electron chi connectivity index (χ3n) is 3.33. The minimum absolute atomic E-state index is 0.0673. The van der Waals surface area contributed by atoms with Crippen LogP contribution in [0.4, 0.5) is 0 Å². The Morgan fingerprint density at radius 1 is 1.60 bits per heavy atom. The standard InChI is InChI=1S/C13H16N4O2S/c1-8-9(6-16-17-8)5-14-12(18)11-7-15-13(20-11)10-3-2-4-19-10/h6-7,10H,2-5H2,1H3,(H,14,18)(H,16,17)/t10-/m1/s1. The first kappa shape index (κ1) is 13.3. The first-order valence-corrected chi connectivity index (χ1v) is 7.40. The third-order valence-corrected chi connectivity index (χ3v) is 4.41. The monoisotopic (exact) mass is 292 g/mol. The van der Waals surface area contributed by atoms with E-state index < -0.39 is 0 Å². The van der Waals surface area contributed by atoms with Crippen molar-refractivity contribution in [2.75, 3.05) is 6.61 Å². The van der Waals surface area contributed by atoms with Crippen molar-refractivity contribution >= 4 is 17.2 Å². The molecule has 3 rings (SSSR count). The zero-order valence-electron chi connectivity index (χ0n) is 11.2. The number of carbonyl (C=O) groups is 1.